The highest BCUT2D eigenvalue weighted by atomic mass is 16.5. The molecule has 1 aliphatic rings. The van der Waals surface area contributed by atoms with Gasteiger partial charge in [0.25, 0.3) is 0 Å². The lowest BCUT2D eigenvalue weighted by atomic mass is 9.87. The molecule has 7 aromatic carbocycles. The first kappa shape index (κ1) is 23.1. The van der Waals surface area contributed by atoms with Crippen molar-refractivity contribution in [1.82, 2.24) is 4.57 Å². The van der Waals surface area contributed by atoms with Crippen molar-refractivity contribution in [2.24, 2.45) is 0 Å². The van der Waals surface area contributed by atoms with E-state index in [1.54, 1.807) is 0 Å². The molecule has 0 unspecified atom stereocenters. The van der Waals surface area contributed by atoms with E-state index in [-0.39, 0.29) is 0 Å². The Balaban J connectivity index is 1.33. The summed E-state index contributed by atoms with van der Waals surface area (Å²) >= 11 is 0. The monoisotopic (exact) mass is 535 g/mol. The molecule has 0 atom stereocenters. The fourth-order valence-electron chi connectivity index (χ4n) is 6.87. The minimum atomic E-state index is 0.909. The number of aromatic nitrogens is 1. The second-order valence-electron chi connectivity index (χ2n) is 10.9. The van der Waals surface area contributed by atoms with E-state index >= 15 is 0 Å². The number of benzene rings is 7. The summed E-state index contributed by atoms with van der Waals surface area (Å²) in [6.07, 6.45) is 0. The van der Waals surface area contributed by atoms with Crippen molar-refractivity contribution in [2.45, 2.75) is 0 Å². The summed E-state index contributed by atoms with van der Waals surface area (Å²) in [5.41, 5.74) is 10.8. The minimum absolute atomic E-state index is 0.909. The van der Waals surface area contributed by atoms with E-state index in [4.69, 9.17) is 4.74 Å². The molecule has 9 rings (SSSR count). The molecular weight excluding hydrogens is 510 g/mol. The largest absolute Gasteiger partial charge is 0.456 e. The van der Waals surface area contributed by atoms with Crippen LogP contribution in [0.25, 0.3) is 71.6 Å². The van der Waals surface area contributed by atoms with E-state index in [0.717, 1.165) is 22.7 Å². The molecule has 0 amide bonds. The highest BCUT2D eigenvalue weighted by Gasteiger charge is 2.23. The zero-order chi connectivity index (χ0) is 27.6. The Kier molecular flexibility index (Phi) is 4.93. The number of para-hydroxylation sites is 3. The van der Waals surface area contributed by atoms with E-state index in [2.05, 4.69) is 144 Å². The molecule has 1 aliphatic heterocycles. The van der Waals surface area contributed by atoms with Crippen LogP contribution in [0, 0.1) is 0 Å². The summed E-state index contributed by atoms with van der Waals surface area (Å²) in [5.74, 6) is 1.82. The molecule has 42 heavy (non-hydrogen) atoms. The average molecular weight is 536 g/mol. The van der Waals surface area contributed by atoms with Gasteiger partial charge in [-0.05, 0) is 69.6 Å². The summed E-state index contributed by atoms with van der Waals surface area (Å²) < 4.78 is 8.79. The Labute approximate surface area is 243 Å². The lowest BCUT2D eigenvalue weighted by Crippen LogP contribution is -1.98. The van der Waals surface area contributed by atoms with Crippen LogP contribution in [-0.4, -0.2) is 4.57 Å². The van der Waals surface area contributed by atoms with E-state index < -0.39 is 0 Å². The van der Waals surface area contributed by atoms with Crippen molar-refractivity contribution >= 4 is 32.6 Å². The average Bonchev–Trinajstić information content (AvgIpc) is 3.40. The van der Waals surface area contributed by atoms with Gasteiger partial charge in [-0.15, -0.1) is 0 Å². The number of hydrogen-bond donors (Lipinski definition) is 0. The van der Waals surface area contributed by atoms with Crippen molar-refractivity contribution in [1.29, 1.82) is 0 Å². The third kappa shape index (κ3) is 3.27. The van der Waals surface area contributed by atoms with Crippen LogP contribution in [0.15, 0.2) is 152 Å². The van der Waals surface area contributed by atoms with E-state index in [9.17, 15) is 0 Å². The Morgan fingerprint density at radius 3 is 1.79 bits per heavy atom. The number of fused-ring (bicyclic) bond motifs is 5. The maximum absolute atomic E-state index is 6.40. The smallest absolute Gasteiger partial charge is 0.135 e. The molecule has 0 saturated heterocycles. The maximum Gasteiger partial charge on any atom is 0.135 e. The SMILES string of the molecule is c1ccc(-n2c3ccccc3c3c(-c4ccccc4-c4ccc5c6c(cccc46)-c4ccccc4O5)cccc32)cc1. The van der Waals surface area contributed by atoms with Gasteiger partial charge in [-0.3, -0.25) is 0 Å². The zero-order valence-corrected chi connectivity index (χ0v) is 22.8. The van der Waals surface area contributed by atoms with Crippen LogP contribution in [0.3, 0.4) is 0 Å². The lowest BCUT2D eigenvalue weighted by molar-refractivity contribution is 0.487. The molecule has 1 aromatic heterocycles. The first-order valence-corrected chi connectivity index (χ1v) is 14.4. The molecule has 0 saturated carbocycles. The standard InChI is InChI=1S/C40H25NO/c1-2-12-26(13-3-1)41-35-21-8-6-17-34(35)39-31(20-11-22-36(39)41)28-15-5-4-14-27(28)29-24-25-38-40-32(29)18-10-19-33(40)30-16-7-9-23-37(30)42-38/h1-25H. The van der Waals surface area contributed by atoms with Crippen molar-refractivity contribution < 1.29 is 4.74 Å². The second-order valence-corrected chi connectivity index (χ2v) is 10.9. The molecule has 8 aromatic rings. The maximum atomic E-state index is 6.40. The quantitative estimate of drug-likeness (QED) is 0.219. The molecule has 0 bridgehead atoms. The molecule has 2 heteroatoms. The van der Waals surface area contributed by atoms with Crippen LogP contribution in [0.5, 0.6) is 11.5 Å². The number of hydrogen-bond acceptors (Lipinski definition) is 1. The van der Waals surface area contributed by atoms with E-state index in [1.807, 2.05) is 12.1 Å². The Bertz CT molecular complexity index is 2330. The van der Waals surface area contributed by atoms with Gasteiger partial charge in [0, 0.05) is 27.4 Å². The number of nitrogens with zero attached hydrogens (tertiary/aromatic N) is 1. The summed E-state index contributed by atoms with van der Waals surface area (Å²) in [7, 11) is 0. The van der Waals surface area contributed by atoms with Crippen molar-refractivity contribution in [3.05, 3.63) is 152 Å². The number of ether oxygens (including phenoxy) is 1. The van der Waals surface area contributed by atoms with Crippen LogP contribution in [0.4, 0.5) is 0 Å². The van der Waals surface area contributed by atoms with Gasteiger partial charge in [0.05, 0.1) is 11.0 Å². The summed E-state index contributed by atoms with van der Waals surface area (Å²) in [6, 6.07) is 54.2. The van der Waals surface area contributed by atoms with Gasteiger partial charge in [-0.25, -0.2) is 0 Å². The number of rotatable bonds is 3. The fraction of sp³-hybridized carbons (Fsp3) is 0. The molecule has 0 radical (unpaired) electrons. The highest BCUT2D eigenvalue weighted by Crippen LogP contribution is 2.50. The predicted octanol–water partition coefficient (Wildman–Crippen LogP) is 11.0. The lowest BCUT2D eigenvalue weighted by Gasteiger charge is -2.23. The molecule has 0 spiro atoms. The van der Waals surface area contributed by atoms with Gasteiger partial charge in [0.2, 0.25) is 0 Å². The molecule has 0 fully saturated rings. The van der Waals surface area contributed by atoms with Gasteiger partial charge >= 0.3 is 0 Å². The van der Waals surface area contributed by atoms with Crippen LogP contribution in [-0.2, 0) is 0 Å². The van der Waals surface area contributed by atoms with Gasteiger partial charge < -0.3 is 9.30 Å². The third-order valence-corrected chi connectivity index (χ3v) is 8.62. The first-order valence-electron chi connectivity index (χ1n) is 14.4. The Hall–Kier alpha value is -5.60. The Morgan fingerprint density at radius 2 is 0.929 bits per heavy atom. The fourth-order valence-corrected chi connectivity index (χ4v) is 6.87. The van der Waals surface area contributed by atoms with Crippen molar-refractivity contribution in [2.75, 3.05) is 0 Å². The second kappa shape index (κ2) is 8.95. The highest BCUT2D eigenvalue weighted by molar-refractivity contribution is 6.18. The van der Waals surface area contributed by atoms with Crippen LogP contribution in [0.1, 0.15) is 0 Å². The summed E-state index contributed by atoms with van der Waals surface area (Å²) in [6.45, 7) is 0. The molecule has 196 valence electrons. The van der Waals surface area contributed by atoms with Crippen LogP contribution in [0.2, 0.25) is 0 Å². The molecular formula is C40H25NO. The third-order valence-electron chi connectivity index (χ3n) is 8.62. The van der Waals surface area contributed by atoms with Crippen LogP contribution < -0.4 is 4.74 Å². The first-order chi connectivity index (χ1) is 20.9. The van der Waals surface area contributed by atoms with E-state index in [1.165, 1.54) is 60.4 Å². The summed E-state index contributed by atoms with van der Waals surface area (Å²) in [4.78, 5) is 0. The minimum Gasteiger partial charge on any atom is -0.456 e. The topological polar surface area (TPSA) is 14.2 Å². The van der Waals surface area contributed by atoms with Gasteiger partial charge in [0.15, 0.2) is 0 Å². The Morgan fingerprint density at radius 1 is 0.333 bits per heavy atom. The summed E-state index contributed by atoms with van der Waals surface area (Å²) in [5, 5.41) is 4.89. The normalized spacial score (nSPS) is 12.0. The van der Waals surface area contributed by atoms with Crippen molar-refractivity contribution in [3.63, 3.8) is 0 Å². The van der Waals surface area contributed by atoms with E-state index in [0.29, 0.717) is 0 Å². The molecule has 2 heterocycles. The molecule has 0 aliphatic carbocycles. The van der Waals surface area contributed by atoms with Crippen molar-refractivity contribution in [3.8, 4) is 50.6 Å². The van der Waals surface area contributed by atoms with Gasteiger partial charge in [-0.1, -0.05) is 115 Å². The zero-order valence-electron chi connectivity index (χ0n) is 22.8. The van der Waals surface area contributed by atoms with Crippen LogP contribution >= 0.6 is 0 Å². The predicted molar refractivity (Wildman–Crippen MR) is 175 cm³/mol. The van der Waals surface area contributed by atoms with Gasteiger partial charge in [0.1, 0.15) is 11.5 Å². The molecule has 0 N–H and O–H groups in total. The van der Waals surface area contributed by atoms with Gasteiger partial charge in [-0.2, -0.15) is 0 Å². The molecule has 2 nitrogen and oxygen atoms in total.